The van der Waals surface area contributed by atoms with Gasteiger partial charge < -0.3 is 11.1 Å². The van der Waals surface area contributed by atoms with Crippen LogP contribution >= 0.6 is 0 Å². The lowest BCUT2D eigenvalue weighted by Gasteiger charge is -2.03. The van der Waals surface area contributed by atoms with Gasteiger partial charge in [0.15, 0.2) is 5.82 Å². The van der Waals surface area contributed by atoms with E-state index in [1.165, 1.54) is 12.3 Å². The van der Waals surface area contributed by atoms with Crippen LogP contribution in [0.3, 0.4) is 0 Å². The second-order valence-electron chi connectivity index (χ2n) is 3.35. The van der Waals surface area contributed by atoms with E-state index in [0.29, 0.717) is 22.6 Å². The van der Waals surface area contributed by atoms with Crippen LogP contribution in [-0.4, -0.2) is 16.1 Å². The summed E-state index contributed by atoms with van der Waals surface area (Å²) in [5.74, 6) is -0.00425. The van der Waals surface area contributed by atoms with Gasteiger partial charge in [0, 0.05) is 5.56 Å². The topological polar surface area (TPSA) is 108 Å². The summed E-state index contributed by atoms with van der Waals surface area (Å²) in [5, 5.41) is 17.5. The predicted molar refractivity (Wildman–Crippen MR) is 62.1 cm³/mol. The number of carbonyl (C=O) groups is 1. The zero-order valence-corrected chi connectivity index (χ0v) is 8.77. The van der Waals surface area contributed by atoms with Crippen LogP contribution in [0, 0.1) is 11.3 Å². The second kappa shape index (κ2) is 4.37. The highest BCUT2D eigenvalue weighted by molar-refractivity contribution is 6.05. The Labute approximate surface area is 97.1 Å². The van der Waals surface area contributed by atoms with Crippen LogP contribution in [-0.2, 0) is 0 Å². The van der Waals surface area contributed by atoms with Crippen molar-refractivity contribution >= 4 is 17.4 Å². The third kappa shape index (κ3) is 2.23. The van der Waals surface area contributed by atoms with Crippen molar-refractivity contribution in [1.82, 2.24) is 10.2 Å². The van der Waals surface area contributed by atoms with Gasteiger partial charge in [-0.2, -0.15) is 10.4 Å². The summed E-state index contributed by atoms with van der Waals surface area (Å²) in [6.45, 7) is 0. The molecule has 0 atom stereocenters. The van der Waals surface area contributed by atoms with Crippen molar-refractivity contribution < 1.29 is 4.79 Å². The Morgan fingerprint density at radius 1 is 1.53 bits per heavy atom. The van der Waals surface area contributed by atoms with Gasteiger partial charge in [-0.05, 0) is 18.2 Å². The highest BCUT2D eigenvalue weighted by Crippen LogP contribution is 2.14. The van der Waals surface area contributed by atoms with Crippen molar-refractivity contribution in [3.63, 3.8) is 0 Å². The third-order valence-electron chi connectivity index (χ3n) is 2.16. The molecule has 0 saturated carbocycles. The molecule has 6 nitrogen and oxygen atoms in total. The highest BCUT2D eigenvalue weighted by atomic mass is 16.1. The van der Waals surface area contributed by atoms with Crippen LogP contribution in [0.2, 0.25) is 0 Å². The van der Waals surface area contributed by atoms with E-state index in [-0.39, 0.29) is 5.91 Å². The van der Waals surface area contributed by atoms with Crippen LogP contribution in [0.25, 0.3) is 0 Å². The Hall–Kier alpha value is -2.81. The Bertz CT molecular complexity index is 596. The molecule has 0 aliphatic carbocycles. The molecule has 1 aromatic carbocycles. The van der Waals surface area contributed by atoms with Crippen molar-refractivity contribution in [2.45, 2.75) is 0 Å². The van der Waals surface area contributed by atoms with Crippen molar-refractivity contribution in [1.29, 1.82) is 5.26 Å². The van der Waals surface area contributed by atoms with E-state index >= 15 is 0 Å². The molecule has 0 unspecified atom stereocenters. The molecule has 2 aromatic rings. The largest absolute Gasteiger partial charge is 0.394 e. The standard InChI is InChI=1S/C11H9N5O/c12-5-7-2-1-3-8(4-7)11(17)15-10-9(13)6-14-16-10/h1-4,6H,13H2,(H2,14,15,16,17). The lowest BCUT2D eigenvalue weighted by atomic mass is 10.1. The summed E-state index contributed by atoms with van der Waals surface area (Å²) in [4.78, 5) is 11.8. The zero-order chi connectivity index (χ0) is 12.3. The van der Waals surface area contributed by atoms with Gasteiger partial charge in [0.2, 0.25) is 0 Å². The lowest BCUT2D eigenvalue weighted by molar-refractivity contribution is 0.102. The fourth-order valence-corrected chi connectivity index (χ4v) is 1.31. The molecule has 1 amide bonds. The Morgan fingerprint density at radius 3 is 3.00 bits per heavy atom. The first-order valence-corrected chi connectivity index (χ1v) is 4.81. The van der Waals surface area contributed by atoms with E-state index < -0.39 is 0 Å². The van der Waals surface area contributed by atoms with E-state index in [1.807, 2.05) is 6.07 Å². The molecule has 84 valence electrons. The smallest absolute Gasteiger partial charge is 0.256 e. The fourth-order valence-electron chi connectivity index (χ4n) is 1.31. The van der Waals surface area contributed by atoms with E-state index in [0.717, 1.165) is 0 Å². The number of hydrogen-bond donors (Lipinski definition) is 3. The number of anilines is 2. The van der Waals surface area contributed by atoms with E-state index in [2.05, 4.69) is 15.5 Å². The minimum atomic E-state index is -0.349. The van der Waals surface area contributed by atoms with Crippen LogP contribution < -0.4 is 11.1 Å². The maximum Gasteiger partial charge on any atom is 0.256 e. The predicted octanol–water partition coefficient (Wildman–Crippen LogP) is 1.12. The number of benzene rings is 1. The molecule has 4 N–H and O–H groups in total. The minimum absolute atomic E-state index is 0.345. The lowest BCUT2D eigenvalue weighted by Crippen LogP contribution is -2.13. The summed E-state index contributed by atoms with van der Waals surface area (Å²) < 4.78 is 0. The number of nitrogen functional groups attached to an aromatic ring is 1. The molecule has 0 fully saturated rings. The molecule has 1 heterocycles. The highest BCUT2D eigenvalue weighted by Gasteiger charge is 2.09. The summed E-state index contributed by atoms with van der Waals surface area (Å²) >= 11 is 0. The quantitative estimate of drug-likeness (QED) is 0.714. The van der Waals surface area contributed by atoms with Crippen LogP contribution in [0.1, 0.15) is 15.9 Å². The Kier molecular flexibility index (Phi) is 2.75. The first-order chi connectivity index (χ1) is 8.20. The number of aromatic amines is 1. The number of amides is 1. The average molecular weight is 227 g/mol. The molecular weight excluding hydrogens is 218 g/mol. The molecule has 0 aliphatic rings. The van der Waals surface area contributed by atoms with Gasteiger partial charge in [-0.1, -0.05) is 6.07 Å². The number of nitrogens with zero attached hydrogens (tertiary/aromatic N) is 2. The number of aromatic nitrogens is 2. The van der Waals surface area contributed by atoms with Crippen molar-refractivity contribution in [2.24, 2.45) is 0 Å². The summed E-state index contributed by atoms with van der Waals surface area (Å²) in [6.07, 6.45) is 1.40. The second-order valence-corrected chi connectivity index (χ2v) is 3.35. The first-order valence-electron chi connectivity index (χ1n) is 4.81. The number of rotatable bonds is 2. The molecule has 0 radical (unpaired) electrons. The molecule has 0 bridgehead atoms. The molecule has 6 heteroatoms. The minimum Gasteiger partial charge on any atom is -0.394 e. The first kappa shape index (κ1) is 10.7. The molecule has 17 heavy (non-hydrogen) atoms. The molecule has 0 spiro atoms. The van der Waals surface area contributed by atoms with Crippen LogP contribution in [0.5, 0.6) is 0 Å². The van der Waals surface area contributed by atoms with Gasteiger partial charge in [0.1, 0.15) is 0 Å². The average Bonchev–Trinajstić information content (AvgIpc) is 2.75. The number of nitrogens with two attached hydrogens (primary N) is 1. The molecular formula is C11H9N5O. The fraction of sp³-hybridized carbons (Fsp3) is 0. The monoisotopic (exact) mass is 227 g/mol. The summed E-state index contributed by atoms with van der Waals surface area (Å²) in [7, 11) is 0. The number of nitrogens with one attached hydrogen (secondary N) is 2. The maximum atomic E-state index is 11.8. The Morgan fingerprint density at radius 2 is 2.35 bits per heavy atom. The van der Waals surface area contributed by atoms with Gasteiger partial charge >= 0.3 is 0 Å². The Balaban J connectivity index is 2.21. The normalized spacial score (nSPS) is 9.59. The molecule has 2 rings (SSSR count). The zero-order valence-electron chi connectivity index (χ0n) is 8.77. The number of hydrogen-bond acceptors (Lipinski definition) is 4. The van der Waals surface area contributed by atoms with Crippen molar-refractivity contribution in [2.75, 3.05) is 11.1 Å². The summed E-state index contributed by atoms with van der Waals surface area (Å²) in [6, 6.07) is 8.35. The van der Waals surface area contributed by atoms with Gasteiger partial charge in [-0.15, -0.1) is 0 Å². The van der Waals surface area contributed by atoms with Crippen LogP contribution in [0.15, 0.2) is 30.5 Å². The summed E-state index contributed by atoms with van der Waals surface area (Å²) in [5.41, 5.74) is 6.73. The van der Waals surface area contributed by atoms with Gasteiger partial charge in [-0.25, -0.2) is 0 Å². The molecule has 0 aliphatic heterocycles. The number of carbonyl (C=O) groups excluding carboxylic acids is 1. The SMILES string of the molecule is N#Cc1cccc(C(=O)Nc2[nH]ncc2N)c1. The number of nitriles is 1. The van der Waals surface area contributed by atoms with Crippen LogP contribution in [0.4, 0.5) is 11.5 Å². The van der Waals surface area contributed by atoms with Crippen molar-refractivity contribution in [3.05, 3.63) is 41.6 Å². The number of H-pyrrole nitrogens is 1. The van der Waals surface area contributed by atoms with Gasteiger partial charge in [-0.3, -0.25) is 9.89 Å². The van der Waals surface area contributed by atoms with E-state index in [9.17, 15) is 4.79 Å². The van der Waals surface area contributed by atoms with Gasteiger partial charge in [0.25, 0.3) is 5.91 Å². The molecule has 1 aromatic heterocycles. The third-order valence-corrected chi connectivity index (χ3v) is 2.16. The van der Waals surface area contributed by atoms with Gasteiger partial charge in [0.05, 0.1) is 23.5 Å². The van der Waals surface area contributed by atoms with Crippen molar-refractivity contribution in [3.8, 4) is 6.07 Å². The van der Waals surface area contributed by atoms with E-state index in [4.69, 9.17) is 11.0 Å². The maximum absolute atomic E-state index is 11.8. The molecule has 0 saturated heterocycles. The van der Waals surface area contributed by atoms with E-state index in [1.54, 1.807) is 18.2 Å².